The predicted octanol–water partition coefficient (Wildman–Crippen LogP) is 3.41. The molecule has 0 radical (unpaired) electrons. The van der Waals surface area contributed by atoms with E-state index in [2.05, 4.69) is 9.97 Å². The molecule has 1 saturated heterocycles. The van der Waals surface area contributed by atoms with E-state index in [1.807, 2.05) is 9.80 Å². The maximum Gasteiger partial charge on any atom is 0.417 e. The lowest BCUT2D eigenvalue weighted by Crippen LogP contribution is -2.37. The van der Waals surface area contributed by atoms with Crippen LogP contribution in [0.2, 0.25) is 0 Å². The molecule has 0 spiro atoms. The van der Waals surface area contributed by atoms with Crippen molar-refractivity contribution >= 4 is 22.7 Å². The van der Waals surface area contributed by atoms with Gasteiger partial charge in [0.1, 0.15) is 11.9 Å². The third kappa shape index (κ3) is 4.42. The zero-order chi connectivity index (χ0) is 22.9. The summed E-state index contributed by atoms with van der Waals surface area (Å²) in [7, 11) is 0. The zero-order valence-electron chi connectivity index (χ0n) is 17.1. The molecule has 0 aliphatic carbocycles. The quantitative estimate of drug-likeness (QED) is 0.554. The zero-order valence-corrected chi connectivity index (χ0v) is 17.1. The molecule has 1 atom stereocenters. The van der Waals surface area contributed by atoms with Crippen LogP contribution in [-0.2, 0) is 17.6 Å². The number of alkyl halides is 3. The van der Waals surface area contributed by atoms with Crippen molar-refractivity contribution in [3.8, 4) is 0 Å². The van der Waals surface area contributed by atoms with Crippen LogP contribution in [0.15, 0.2) is 42.7 Å². The Kier molecular flexibility index (Phi) is 6.07. The number of aromatic nitrogens is 2. The molecule has 0 bridgehead atoms. The fourth-order valence-electron chi connectivity index (χ4n) is 4.17. The SMILES string of the molecule is O=C(O)[C@@H](c1c[nH]c2cc(CO)ccc12)N1CCCN(c2ccc(C(F)(F)F)cn2)CC1. The Morgan fingerprint density at radius 1 is 1.16 bits per heavy atom. The van der Waals surface area contributed by atoms with E-state index in [0.717, 1.165) is 28.7 Å². The van der Waals surface area contributed by atoms with Crippen LogP contribution in [0.1, 0.15) is 29.2 Å². The minimum absolute atomic E-state index is 0.105. The highest BCUT2D eigenvalue weighted by Gasteiger charge is 2.33. The largest absolute Gasteiger partial charge is 0.480 e. The monoisotopic (exact) mass is 448 g/mol. The summed E-state index contributed by atoms with van der Waals surface area (Å²) in [6, 6.07) is 6.85. The fourth-order valence-corrected chi connectivity index (χ4v) is 4.17. The number of hydrogen-bond acceptors (Lipinski definition) is 5. The first-order valence-electron chi connectivity index (χ1n) is 10.2. The van der Waals surface area contributed by atoms with Crippen molar-refractivity contribution in [3.63, 3.8) is 0 Å². The number of rotatable bonds is 5. The summed E-state index contributed by atoms with van der Waals surface area (Å²) in [6.07, 6.45) is -1.29. The van der Waals surface area contributed by atoms with Crippen molar-refractivity contribution in [2.75, 3.05) is 31.1 Å². The highest BCUT2D eigenvalue weighted by molar-refractivity contribution is 5.89. The smallest absolute Gasteiger partial charge is 0.417 e. The average molecular weight is 448 g/mol. The minimum Gasteiger partial charge on any atom is -0.480 e. The van der Waals surface area contributed by atoms with Gasteiger partial charge in [0.2, 0.25) is 0 Å². The van der Waals surface area contributed by atoms with E-state index >= 15 is 0 Å². The first kappa shape index (κ1) is 22.1. The Bertz CT molecular complexity index is 1100. The Morgan fingerprint density at radius 3 is 2.62 bits per heavy atom. The molecule has 1 aromatic carbocycles. The Balaban J connectivity index is 1.54. The lowest BCUT2D eigenvalue weighted by molar-refractivity contribution is -0.143. The number of aliphatic carboxylic acids is 1. The summed E-state index contributed by atoms with van der Waals surface area (Å²) in [4.78, 5) is 23.0. The van der Waals surface area contributed by atoms with Crippen molar-refractivity contribution in [1.82, 2.24) is 14.9 Å². The van der Waals surface area contributed by atoms with Crippen molar-refractivity contribution in [3.05, 3.63) is 59.4 Å². The molecule has 0 saturated carbocycles. The van der Waals surface area contributed by atoms with Crippen LogP contribution in [0.4, 0.5) is 19.0 Å². The summed E-state index contributed by atoms with van der Waals surface area (Å²) >= 11 is 0. The van der Waals surface area contributed by atoms with Crippen LogP contribution in [0.25, 0.3) is 10.9 Å². The second kappa shape index (κ2) is 8.79. The van der Waals surface area contributed by atoms with Gasteiger partial charge in [-0.25, -0.2) is 4.98 Å². The summed E-state index contributed by atoms with van der Waals surface area (Å²) < 4.78 is 38.4. The molecule has 0 amide bonds. The Labute approximate surface area is 182 Å². The molecular weight excluding hydrogens is 425 g/mol. The molecule has 3 N–H and O–H groups in total. The second-order valence-corrected chi connectivity index (χ2v) is 7.80. The lowest BCUT2D eigenvalue weighted by atomic mass is 10.0. The van der Waals surface area contributed by atoms with E-state index in [0.29, 0.717) is 44.0 Å². The third-order valence-corrected chi connectivity index (χ3v) is 5.78. The van der Waals surface area contributed by atoms with Crippen LogP contribution in [0.3, 0.4) is 0 Å². The second-order valence-electron chi connectivity index (χ2n) is 7.80. The molecule has 2 aromatic heterocycles. The van der Waals surface area contributed by atoms with Crippen LogP contribution in [-0.4, -0.2) is 57.2 Å². The number of carboxylic acid groups (broad SMARTS) is 1. The predicted molar refractivity (Wildman–Crippen MR) is 112 cm³/mol. The van der Waals surface area contributed by atoms with Crippen LogP contribution in [0, 0.1) is 0 Å². The first-order chi connectivity index (χ1) is 15.3. The first-order valence-corrected chi connectivity index (χ1v) is 10.2. The van der Waals surface area contributed by atoms with Crippen LogP contribution >= 0.6 is 0 Å². The van der Waals surface area contributed by atoms with Crippen molar-refractivity contribution < 1.29 is 28.2 Å². The van der Waals surface area contributed by atoms with E-state index in [9.17, 15) is 28.2 Å². The number of nitrogens with one attached hydrogen (secondary N) is 1. The number of hydrogen-bond donors (Lipinski definition) is 3. The minimum atomic E-state index is -4.44. The van der Waals surface area contributed by atoms with Gasteiger partial charge in [-0.15, -0.1) is 0 Å². The number of aromatic amines is 1. The van der Waals surface area contributed by atoms with Gasteiger partial charge in [-0.3, -0.25) is 9.69 Å². The molecule has 7 nitrogen and oxygen atoms in total. The Hall–Kier alpha value is -3.11. The van der Waals surface area contributed by atoms with Gasteiger partial charge in [-0.05, 0) is 30.2 Å². The number of benzene rings is 1. The van der Waals surface area contributed by atoms with E-state index < -0.39 is 23.8 Å². The number of aliphatic hydroxyl groups is 1. The number of carboxylic acids is 1. The Morgan fingerprint density at radius 2 is 1.97 bits per heavy atom. The number of H-pyrrole nitrogens is 1. The molecule has 1 fully saturated rings. The van der Waals surface area contributed by atoms with Crippen molar-refractivity contribution in [1.29, 1.82) is 0 Å². The van der Waals surface area contributed by atoms with Gasteiger partial charge in [0.15, 0.2) is 0 Å². The maximum absolute atomic E-state index is 12.8. The molecule has 170 valence electrons. The van der Waals surface area contributed by atoms with Gasteiger partial charge in [0, 0.05) is 55.0 Å². The number of nitrogens with zero attached hydrogens (tertiary/aromatic N) is 3. The maximum atomic E-state index is 12.8. The molecule has 3 heterocycles. The highest BCUT2D eigenvalue weighted by atomic mass is 19.4. The molecule has 10 heteroatoms. The van der Waals surface area contributed by atoms with Gasteiger partial charge >= 0.3 is 12.1 Å². The van der Waals surface area contributed by atoms with Crippen molar-refractivity contribution in [2.45, 2.75) is 25.2 Å². The summed E-state index contributed by atoms with van der Waals surface area (Å²) in [6.45, 7) is 1.84. The van der Waals surface area contributed by atoms with Gasteiger partial charge in [0.25, 0.3) is 0 Å². The normalized spacial score (nSPS) is 16.8. The van der Waals surface area contributed by atoms with Crippen molar-refractivity contribution in [2.24, 2.45) is 0 Å². The summed E-state index contributed by atoms with van der Waals surface area (Å²) in [5.41, 5.74) is 1.32. The number of pyridine rings is 1. The molecule has 4 rings (SSSR count). The van der Waals surface area contributed by atoms with Gasteiger partial charge in [-0.2, -0.15) is 13.2 Å². The lowest BCUT2D eigenvalue weighted by Gasteiger charge is -2.27. The molecule has 3 aromatic rings. The van der Waals surface area contributed by atoms with E-state index in [4.69, 9.17) is 0 Å². The van der Waals surface area contributed by atoms with Gasteiger partial charge < -0.3 is 20.1 Å². The van der Waals surface area contributed by atoms with Crippen LogP contribution < -0.4 is 4.90 Å². The fraction of sp³-hybridized carbons (Fsp3) is 0.364. The number of anilines is 1. The highest BCUT2D eigenvalue weighted by Crippen LogP contribution is 2.32. The molecule has 32 heavy (non-hydrogen) atoms. The van der Waals surface area contributed by atoms with Gasteiger partial charge in [0.05, 0.1) is 12.2 Å². The number of carbonyl (C=O) groups is 1. The number of halogens is 3. The molecular formula is C22H23F3N4O3. The van der Waals surface area contributed by atoms with E-state index in [-0.39, 0.29) is 6.61 Å². The topological polar surface area (TPSA) is 92.7 Å². The molecule has 1 aliphatic rings. The average Bonchev–Trinajstić information content (AvgIpc) is 3.01. The third-order valence-electron chi connectivity index (χ3n) is 5.78. The van der Waals surface area contributed by atoms with Crippen LogP contribution in [0.5, 0.6) is 0 Å². The molecule has 0 unspecified atom stereocenters. The number of aliphatic hydroxyl groups excluding tert-OH is 1. The molecule has 1 aliphatic heterocycles. The summed E-state index contributed by atoms with van der Waals surface area (Å²) in [5, 5.41) is 20.1. The number of fused-ring (bicyclic) bond motifs is 1. The van der Waals surface area contributed by atoms with Gasteiger partial charge in [-0.1, -0.05) is 12.1 Å². The van der Waals surface area contributed by atoms with E-state index in [1.165, 1.54) is 6.07 Å². The van der Waals surface area contributed by atoms with E-state index in [1.54, 1.807) is 24.4 Å². The standard InChI is InChI=1S/C22H23F3N4O3/c23-22(24,25)15-3-5-19(27-11-15)28-6-1-7-29(9-8-28)20(21(31)32)17-12-26-18-10-14(13-30)2-4-16(17)18/h2-5,10-12,20,26,30H,1,6-9,13H2,(H,31,32)/t20-/m1/s1. The summed E-state index contributed by atoms with van der Waals surface area (Å²) in [5.74, 6) is -0.534.